The lowest BCUT2D eigenvalue weighted by molar-refractivity contribution is 0.277. The molecule has 6 heteroatoms. The van der Waals surface area contributed by atoms with Crippen LogP contribution >= 0.6 is 24.0 Å². The molecule has 0 unspecified atom stereocenters. The van der Waals surface area contributed by atoms with Crippen LogP contribution in [0.3, 0.4) is 0 Å². The Morgan fingerprint density at radius 3 is 2.62 bits per heavy atom. The highest BCUT2D eigenvalue weighted by Crippen LogP contribution is 2.20. The van der Waals surface area contributed by atoms with Crippen molar-refractivity contribution in [2.45, 2.75) is 33.2 Å². The molecular weight excluding hydrogens is 415 g/mol. The number of aliphatic imine (C=N–C) groups is 1. The third-order valence-electron chi connectivity index (χ3n) is 4.36. The molecule has 3 rings (SSSR count). The zero-order valence-corrected chi connectivity index (χ0v) is 16.6. The highest BCUT2D eigenvalue weighted by molar-refractivity contribution is 14.0. The van der Waals surface area contributed by atoms with E-state index in [-0.39, 0.29) is 24.0 Å². The van der Waals surface area contributed by atoms with Gasteiger partial charge >= 0.3 is 0 Å². The smallest absolute Gasteiger partial charge is 0.226 e. The molecule has 1 aliphatic heterocycles. The maximum atomic E-state index is 6.09. The summed E-state index contributed by atoms with van der Waals surface area (Å²) in [6.07, 6.45) is 4.01. The topological polar surface area (TPSA) is 67.7 Å². The van der Waals surface area contributed by atoms with E-state index in [2.05, 4.69) is 28.7 Å². The Bertz CT molecular complexity index is 673. The Morgan fingerprint density at radius 2 is 1.96 bits per heavy atom. The summed E-state index contributed by atoms with van der Waals surface area (Å²) in [6, 6.07) is 8.12. The average Bonchev–Trinajstić information content (AvgIpc) is 3.03. The van der Waals surface area contributed by atoms with Crippen LogP contribution < -0.4 is 5.73 Å². The van der Waals surface area contributed by atoms with Gasteiger partial charge in [0, 0.05) is 18.7 Å². The Morgan fingerprint density at radius 1 is 1.29 bits per heavy atom. The molecule has 1 fully saturated rings. The molecule has 0 bridgehead atoms. The van der Waals surface area contributed by atoms with Gasteiger partial charge in [-0.3, -0.25) is 0 Å². The second-order valence-corrected chi connectivity index (χ2v) is 6.35. The van der Waals surface area contributed by atoms with E-state index in [1.165, 1.54) is 18.4 Å². The van der Waals surface area contributed by atoms with Gasteiger partial charge in [0.2, 0.25) is 5.89 Å². The summed E-state index contributed by atoms with van der Waals surface area (Å²) >= 11 is 0. The van der Waals surface area contributed by atoms with Crippen LogP contribution in [0.25, 0.3) is 11.5 Å². The minimum atomic E-state index is 0. The zero-order chi connectivity index (χ0) is 16.2. The Balaban J connectivity index is 0.00000208. The maximum Gasteiger partial charge on any atom is 0.226 e. The molecule has 0 atom stereocenters. The lowest BCUT2D eigenvalue weighted by atomic mass is 10.00. The van der Waals surface area contributed by atoms with E-state index in [4.69, 9.17) is 10.2 Å². The van der Waals surface area contributed by atoms with E-state index >= 15 is 0 Å². The Labute approximate surface area is 160 Å². The van der Waals surface area contributed by atoms with Crippen molar-refractivity contribution in [1.29, 1.82) is 0 Å². The van der Waals surface area contributed by atoms with E-state index in [0.29, 0.717) is 18.4 Å². The third kappa shape index (κ3) is 4.72. The molecule has 130 valence electrons. The summed E-state index contributed by atoms with van der Waals surface area (Å²) < 4.78 is 5.55. The number of nitrogens with two attached hydrogens (primary N) is 1. The first-order valence-corrected chi connectivity index (χ1v) is 8.18. The van der Waals surface area contributed by atoms with Gasteiger partial charge in [0.1, 0.15) is 12.0 Å². The van der Waals surface area contributed by atoms with Gasteiger partial charge in [0.15, 0.2) is 5.96 Å². The van der Waals surface area contributed by atoms with Gasteiger partial charge in [-0.25, -0.2) is 9.98 Å². The van der Waals surface area contributed by atoms with Crippen molar-refractivity contribution in [3.63, 3.8) is 0 Å². The first-order chi connectivity index (χ1) is 11.1. The van der Waals surface area contributed by atoms with E-state index in [1.807, 2.05) is 24.3 Å². The fourth-order valence-corrected chi connectivity index (χ4v) is 2.71. The number of hydrogen-bond acceptors (Lipinski definition) is 3. The van der Waals surface area contributed by atoms with Crippen LogP contribution in [0.15, 0.2) is 39.9 Å². The lowest BCUT2D eigenvalue weighted by Gasteiger charge is -2.30. The number of piperidine rings is 1. The first-order valence-electron chi connectivity index (χ1n) is 8.18. The largest absolute Gasteiger partial charge is 0.444 e. The number of halogens is 1. The number of rotatable bonds is 3. The van der Waals surface area contributed by atoms with Gasteiger partial charge in [-0.15, -0.1) is 24.0 Å². The van der Waals surface area contributed by atoms with E-state index in [9.17, 15) is 0 Å². The average molecular weight is 440 g/mol. The molecule has 2 N–H and O–H groups in total. The Hall–Kier alpha value is -1.57. The summed E-state index contributed by atoms with van der Waals surface area (Å²) in [4.78, 5) is 11.1. The van der Waals surface area contributed by atoms with Gasteiger partial charge < -0.3 is 15.1 Å². The number of guanidine groups is 1. The summed E-state index contributed by atoms with van der Waals surface area (Å²) in [5, 5.41) is 0. The van der Waals surface area contributed by atoms with Crippen molar-refractivity contribution >= 4 is 29.9 Å². The van der Waals surface area contributed by atoms with Crippen LogP contribution in [-0.2, 0) is 6.54 Å². The predicted octanol–water partition coefficient (Wildman–Crippen LogP) is 3.81. The number of nitrogens with zero attached hydrogens (tertiary/aromatic N) is 3. The molecule has 0 spiro atoms. The van der Waals surface area contributed by atoms with Crippen molar-refractivity contribution in [2.24, 2.45) is 16.6 Å². The molecule has 24 heavy (non-hydrogen) atoms. The third-order valence-corrected chi connectivity index (χ3v) is 4.36. The van der Waals surface area contributed by atoms with Crippen LogP contribution in [0.2, 0.25) is 0 Å². The summed E-state index contributed by atoms with van der Waals surface area (Å²) in [5.74, 6) is 2.02. The number of aryl methyl sites for hydroxylation is 1. The molecule has 0 aliphatic carbocycles. The van der Waals surface area contributed by atoms with Crippen molar-refractivity contribution < 1.29 is 4.42 Å². The van der Waals surface area contributed by atoms with Crippen molar-refractivity contribution in [3.05, 3.63) is 41.8 Å². The summed E-state index contributed by atoms with van der Waals surface area (Å²) in [6.45, 7) is 6.78. The number of hydrogen-bond donors (Lipinski definition) is 1. The monoisotopic (exact) mass is 440 g/mol. The molecule has 1 aromatic carbocycles. The molecule has 5 nitrogen and oxygen atoms in total. The number of oxazole rings is 1. The van der Waals surface area contributed by atoms with Gasteiger partial charge in [0.05, 0.1) is 6.54 Å². The molecule has 0 saturated carbocycles. The van der Waals surface area contributed by atoms with Gasteiger partial charge in [0.25, 0.3) is 0 Å². The predicted molar refractivity (Wildman–Crippen MR) is 107 cm³/mol. The first kappa shape index (κ1) is 18.8. The molecule has 0 amide bonds. The van der Waals surface area contributed by atoms with Crippen molar-refractivity contribution in [2.75, 3.05) is 13.1 Å². The van der Waals surface area contributed by atoms with E-state index in [0.717, 1.165) is 30.3 Å². The molecule has 1 aromatic heterocycles. The van der Waals surface area contributed by atoms with Crippen LogP contribution in [0.1, 0.15) is 31.0 Å². The zero-order valence-electron chi connectivity index (χ0n) is 14.2. The normalized spacial score (nSPS) is 16.1. The standard InChI is InChI=1S/C18H24N4O.HI/c1-13-3-5-15(6-4-13)17-21-16(12-23-17)11-20-18(19)22-9-7-14(2)8-10-22;/h3-6,12,14H,7-11H2,1-2H3,(H2,19,20);1H. The van der Waals surface area contributed by atoms with Crippen LogP contribution in [0, 0.1) is 12.8 Å². The number of aromatic nitrogens is 1. The van der Waals surface area contributed by atoms with Gasteiger partial charge in [-0.05, 0) is 37.8 Å². The maximum absolute atomic E-state index is 6.09. The van der Waals surface area contributed by atoms with Crippen LogP contribution in [-0.4, -0.2) is 28.9 Å². The minimum Gasteiger partial charge on any atom is -0.444 e. The molecule has 0 radical (unpaired) electrons. The molecule has 2 heterocycles. The van der Waals surface area contributed by atoms with Gasteiger partial charge in [-0.2, -0.15) is 0 Å². The summed E-state index contributed by atoms with van der Waals surface area (Å²) in [7, 11) is 0. The summed E-state index contributed by atoms with van der Waals surface area (Å²) in [5.41, 5.74) is 9.09. The fourth-order valence-electron chi connectivity index (χ4n) is 2.71. The van der Waals surface area contributed by atoms with Crippen LogP contribution in [0.4, 0.5) is 0 Å². The second kappa shape index (κ2) is 8.50. The molecular formula is C18H25IN4O. The van der Waals surface area contributed by atoms with Crippen LogP contribution in [0.5, 0.6) is 0 Å². The second-order valence-electron chi connectivity index (χ2n) is 6.35. The molecule has 1 saturated heterocycles. The molecule has 1 aliphatic rings. The van der Waals surface area contributed by atoms with Crippen molar-refractivity contribution in [3.8, 4) is 11.5 Å². The quantitative estimate of drug-likeness (QED) is 0.448. The minimum absolute atomic E-state index is 0. The van der Waals surface area contributed by atoms with Gasteiger partial charge in [-0.1, -0.05) is 24.6 Å². The lowest BCUT2D eigenvalue weighted by Crippen LogP contribution is -2.42. The molecule has 2 aromatic rings. The fraction of sp³-hybridized carbons (Fsp3) is 0.444. The highest BCUT2D eigenvalue weighted by Gasteiger charge is 2.17. The SMILES string of the molecule is Cc1ccc(-c2nc(CN=C(N)N3CCC(C)CC3)co2)cc1.I. The highest BCUT2D eigenvalue weighted by atomic mass is 127. The van der Waals surface area contributed by atoms with E-state index < -0.39 is 0 Å². The van der Waals surface area contributed by atoms with Crippen molar-refractivity contribution in [1.82, 2.24) is 9.88 Å². The Kier molecular flexibility index (Phi) is 6.65. The number of likely N-dealkylation sites (tertiary alicyclic amines) is 1. The number of benzene rings is 1. The van der Waals surface area contributed by atoms with E-state index in [1.54, 1.807) is 6.26 Å².